The van der Waals surface area contributed by atoms with Crippen LogP contribution >= 0.6 is 34.5 Å². The fourth-order valence-corrected chi connectivity index (χ4v) is 4.10. The number of fused-ring (bicyclic) bond motifs is 1. The highest BCUT2D eigenvalue weighted by atomic mass is 35.5. The van der Waals surface area contributed by atoms with Gasteiger partial charge >= 0.3 is 5.97 Å². The van der Waals surface area contributed by atoms with E-state index in [9.17, 15) is 9.59 Å². The van der Waals surface area contributed by atoms with Gasteiger partial charge in [-0.2, -0.15) is 4.99 Å². The van der Waals surface area contributed by atoms with Crippen molar-refractivity contribution in [3.63, 3.8) is 0 Å². The van der Waals surface area contributed by atoms with Crippen molar-refractivity contribution in [2.24, 2.45) is 4.99 Å². The number of benzene rings is 2. The Morgan fingerprint density at radius 3 is 2.70 bits per heavy atom. The summed E-state index contributed by atoms with van der Waals surface area (Å²) in [6.45, 7) is 1.99. The van der Waals surface area contributed by atoms with Gasteiger partial charge in [0.15, 0.2) is 4.80 Å². The zero-order valence-corrected chi connectivity index (χ0v) is 16.8. The van der Waals surface area contributed by atoms with Gasteiger partial charge in [0, 0.05) is 10.0 Å². The lowest BCUT2D eigenvalue weighted by Gasteiger charge is -2.05. The average Bonchev–Trinajstić information content (AvgIpc) is 2.93. The number of rotatable bonds is 5. The molecule has 1 amide bonds. The Hall–Kier alpha value is -2.15. The highest BCUT2D eigenvalue weighted by Gasteiger charge is 2.13. The molecule has 3 aromatic rings. The van der Waals surface area contributed by atoms with Crippen molar-refractivity contribution in [2.75, 3.05) is 6.61 Å². The van der Waals surface area contributed by atoms with Crippen LogP contribution < -0.4 is 4.80 Å². The SMILES string of the molecule is CCOC(=O)Cn1c(=NC(=O)Cc2ccccc2Cl)sc2cc(Cl)ccc21. The minimum absolute atomic E-state index is 0.0340. The van der Waals surface area contributed by atoms with E-state index in [4.69, 9.17) is 27.9 Å². The molecular weight excluding hydrogens is 407 g/mol. The summed E-state index contributed by atoms with van der Waals surface area (Å²) in [7, 11) is 0. The van der Waals surface area contributed by atoms with E-state index < -0.39 is 5.97 Å². The van der Waals surface area contributed by atoms with Crippen LogP contribution in [0.4, 0.5) is 0 Å². The lowest BCUT2D eigenvalue weighted by molar-refractivity contribution is -0.143. The third-order valence-electron chi connectivity index (χ3n) is 3.76. The van der Waals surface area contributed by atoms with Crippen molar-refractivity contribution < 1.29 is 14.3 Å². The van der Waals surface area contributed by atoms with Gasteiger partial charge in [-0.15, -0.1) is 0 Å². The van der Waals surface area contributed by atoms with Crippen LogP contribution in [0.15, 0.2) is 47.5 Å². The average molecular weight is 423 g/mol. The number of aromatic nitrogens is 1. The molecule has 27 heavy (non-hydrogen) atoms. The molecular formula is C19H16Cl2N2O3S. The zero-order valence-electron chi connectivity index (χ0n) is 14.4. The largest absolute Gasteiger partial charge is 0.465 e. The van der Waals surface area contributed by atoms with Crippen molar-refractivity contribution in [3.8, 4) is 0 Å². The molecule has 1 heterocycles. The number of halogens is 2. The lowest BCUT2D eigenvalue weighted by atomic mass is 10.1. The molecule has 5 nitrogen and oxygen atoms in total. The Balaban J connectivity index is 2.01. The van der Waals surface area contributed by atoms with Crippen LogP contribution in [0.2, 0.25) is 10.0 Å². The van der Waals surface area contributed by atoms with E-state index in [2.05, 4.69) is 4.99 Å². The van der Waals surface area contributed by atoms with Crippen LogP contribution in [-0.4, -0.2) is 23.1 Å². The zero-order chi connectivity index (χ0) is 19.4. The second-order valence-corrected chi connectivity index (χ2v) is 7.51. The van der Waals surface area contributed by atoms with Crippen molar-refractivity contribution in [1.29, 1.82) is 0 Å². The predicted octanol–water partition coefficient (Wildman–Crippen LogP) is 4.24. The Morgan fingerprint density at radius 1 is 1.19 bits per heavy atom. The first kappa shape index (κ1) is 19.6. The van der Waals surface area contributed by atoms with Crippen LogP contribution in [0.3, 0.4) is 0 Å². The number of amides is 1. The van der Waals surface area contributed by atoms with Gasteiger partial charge in [0.05, 0.1) is 23.2 Å². The second-order valence-electron chi connectivity index (χ2n) is 5.66. The molecule has 0 fully saturated rings. The summed E-state index contributed by atoms with van der Waals surface area (Å²) >= 11 is 13.5. The molecule has 140 valence electrons. The van der Waals surface area contributed by atoms with E-state index in [1.165, 1.54) is 11.3 Å². The van der Waals surface area contributed by atoms with E-state index in [1.807, 2.05) is 6.07 Å². The Bertz CT molecular complexity index is 1070. The molecule has 0 radical (unpaired) electrons. The van der Waals surface area contributed by atoms with Crippen molar-refractivity contribution in [1.82, 2.24) is 4.57 Å². The van der Waals surface area contributed by atoms with Gasteiger partial charge in [0.2, 0.25) is 0 Å². The summed E-state index contributed by atoms with van der Waals surface area (Å²) in [5.74, 6) is -0.745. The van der Waals surface area contributed by atoms with Gasteiger partial charge in [-0.25, -0.2) is 0 Å². The molecule has 0 aliphatic carbocycles. The van der Waals surface area contributed by atoms with Crippen LogP contribution in [0.1, 0.15) is 12.5 Å². The predicted molar refractivity (Wildman–Crippen MR) is 107 cm³/mol. The molecule has 1 aromatic heterocycles. The van der Waals surface area contributed by atoms with Gasteiger partial charge < -0.3 is 9.30 Å². The van der Waals surface area contributed by atoms with Gasteiger partial charge in [-0.05, 0) is 36.8 Å². The third-order valence-corrected chi connectivity index (χ3v) is 5.40. The maximum Gasteiger partial charge on any atom is 0.326 e. The van der Waals surface area contributed by atoms with Crippen molar-refractivity contribution >= 4 is 56.6 Å². The van der Waals surface area contributed by atoms with E-state index in [-0.39, 0.29) is 25.5 Å². The third kappa shape index (κ3) is 4.77. The maximum atomic E-state index is 12.5. The van der Waals surface area contributed by atoms with Crippen molar-refractivity contribution in [2.45, 2.75) is 19.9 Å². The smallest absolute Gasteiger partial charge is 0.326 e. The van der Waals surface area contributed by atoms with Crippen LogP contribution in [0, 0.1) is 0 Å². The quantitative estimate of drug-likeness (QED) is 0.577. The van der Waals surface area contributed by atoms with E-state index >= 15 is 0 Å². The first-order valence-electron chi connectivity index (χ1n) is 8.23. The topological polar surface area (TPSA) is 60.7 Å². The number of carbonyl (C=O) groups is 2. The maximum absolute atomic E-state index is 12.5. The molecule has 8 heteroatoms. The molecule has 0 spiro atoms. The monoisotopic (exact) mass is 422 g/mol. The fraction of sp³-hybridized carbons (Fsp3) is 0.211. The number of hydrogen-bond donors (Lipinski definition) is 0. The summed E-state index contributed by atoms with van der Waals surface area (Å²) in [6, 6.07) is 12.4. The molecule has 0 aliphatic rings. The van der Waals surface area contributed by atoms with Crippen LogP contribution in [0.25, 0.3) is 10.2 Å². The number of carbonyl (C=O) groups excluding carboxylic acids is 2. The Morgan fingerprint density at radius 2 is 1.96 bits per heavy atom. The summed E-state index contributed by atoms with van der Waals surface area (Å²) in [4.78, 5) is 29.1. The van der Waals surface area contributed by atoms with E-state index in [0.717, 1.165) is 10.2 Å². The summed E-state index contributed by atoms with van der Waals surface area (Å²) in [5.41, 5.74) is 1.47. The molecule has 3 rings (SSSR count). The van der Waals surface area contributed by atoms with Gasteiger partial charge in [0.25, 0.3) is 5.91 Å². The molecule has 0 saturated heterocycles. The minimum atomic E-state index is -0.396. The molecule has 0 unspecified atom stereocenters. The first-order valence-corrected chi connectivity index (χ1v) is 9.80. The van der Waals surface area contributed by atoms with Gasteiger partial charge in [-0.1, -0.05) is 52.7 Å². The number of esters is 1. The number of hydrogen-bond acceptors (Lipinski definition) is 4. The van der Waals surface area contributed by atoms with Crippen LogP contribution in [0.5, 0.6) is 0 Å². The van der Waals surface area contributed by atoms with E-state index in [0.29, 0.717) is 20.4 Å². The highest BCUT2D eigenvalue weighted by Crippen LogP contribution is 2.22. The second kappa shape index (κ2) is 8.69. The molecule has 0 saturated carbocycles. The molecule has 0 N–H and O–H groups in total. The number of thiazole rings is 1. The number of ether oxygens (including phenoxy) is 1. The minimum Gasteiger partial charge on any atom is -0.465 e. The summed E-state index contributed by atoms with van der Waals surface area (Å²) in [5, 5.41) is 1.09. The lowest BCUT2D eigenvalue weighted by Crippen LogP contribution is -2.23. The molecule has 0 bridgehead atoms. The fourth-order valence-electron chi connectivity index (χ4n) is 2.57. The van der Waals surface area contributed by atoms with E-state index in [1.54, 1.807) is 47.9 Å². The Labute approximate surface area is 169 Å². The van der Waals surface area contributed by atoms with Crippen LogP contribution in [-0.2, 0) is 27.3 Å². The van der Waals surface area contributed by atoms with Gasteiger partial charge in [-0.3, -0.25) is 9.59 Å². The highest BCUT2D eigenvalue weighted by molar-refractivity contribution is 7.16. The normalized spacial score (nSPS) is 11.7. The van der Waals surface area contributed by atoms with Crippen molar-refractivity contribution in [3.05, 3.63) is 62.9 Å². The Kier molecular flexibility index (Phi) is 6.31. The summed E-state index contributed by atoms with van der Waals surface area (Å²) in [6.07, 6.45) is 0.0775. The first-order chi connectivity index (χ1) is 13.0. The van der Waals surface area contributed by atoms with Gasteiger partial charge in [0.1, 0.15) is 6.54 Å². The molecule has 2 aromatic carbocycles. The molecule has 0 aliphatic heterocycles. The molecule has 0 atom stereocenters. The summed E-state index contributed by atoms with van der Waals surface area (Å²) < 4.78 is 7.53. The number of nitrogens with zero attached hydrogens (tertiary/aromatic N) is 2. The standard InChI is InChI=1S/C19H16Cl2N2O3S/c1-2-26-18(25)11-23-15-8-7-13(20)10-16(15)27-19(23)22-17(24)9-12-5-3-4-6-14(12)21/h3-8,10H,2,9,11H2,1H3.